The first-order valence-electron chi connectivity index (χ1n) is 9.60. The highest BCUT2D eigenvalue weighted by Crippen LogP contribution is 2.48. The second-order valence-electron chi connectivity index (χ2n) is 8.28. The fourth-order valence-electron chi connectivity index (χ4n) is 4.70. The number of aliphatic hydroxyl groups excluding tert-OH is 1. The van der Waals surface area contributed by atoms with E-state index in [1.165, 1.54) is 5.56 Å². The van der Waals surface area contributed by atoms with Crippen LogP contribution in [0.2, 0.25) is 0 Å². The van der Waals surface area contributed by atoms with Crippen LogP contribution < -0.4 is 0 Å². The molecular formula is C21H30N2O3. The molecule has 1 aromatic rings. The predicted molar refractivity (Wildman–Crippen MR) is 101 cm³/mol. The Labute approximate surface area is 156 Å². The van der Waals surface area contributed by atoms with Gasteiger partial charge < -0.3 is 14.9 Å². The van der Waals surface area contributed by atoms with Crippen molar-refractivity contribution in [1.29, 1.82) is 0 Å². The number of piperidine rings is 1. The van der Waals surface area contributed by atoms with Crippen molar-refractivity contribution in [3.8, 4) is 0 Å². The van der Waals surface area contributed by atoms with Crippen molar-refractivity contribution in [2.75, 3.05) is 26.2 Å². The summed E-state index contributed by atoms with van der Waals surface area (Å²) in [5, 5.41) is 9.83. The van der Waals surface area contributed by atoms with E-state index >= 15 is 0 Å². The molecule has 1 N–H and O–H groups in total. The van der Waals surface area contributed by atoms with Gasteiger partial charge in [-0.25, -0.2) is 0 Å². The van der Waals surface area contributed by atoms with Crippen molar-refractivity contribution in [2.45, 2.75) is 52.0 Å². The smallest absolute Gasteiger partial charge is 0.253 e. The number of hydrogen-bond donors (Lipinski definition) is 1. The third kappa shape index (κ3) is 3.37. The monoisotopic (exact) mass is 358 g/mol. The van der Waals surface area contributed by atoms with Gasteiger partial charge in [0, 0.05) is 32.1 Å². The highest BCUT2D eigenvalue weighted by Gasteiger charge is 2.52. The van der Waals surface area contributed by atoms with Crippen LogP contribution in [0.15, 0.2) is 24.3 Å². The fraction of sp³-hybridized carbons (Fsp3) is 0.619. The topological polar surface area (TPSA) is 60.9 Å². The molecule has 0 aliphatic carbocycles. The van der Waals surface area contributed by atoms with E-state index in [2.05, 4.69) is 6.92 Å². The van der Waals surface area contributed by atoms with Crippen molar-refractivity contribution >= 4 is 11.8 Å². The zero-order chi connectivity index (χ0) is 18.9. The van der Waals surface area contributed by atoms with E-state index in [0.29, 0.717) is 19.6 Å². The Bertz CT molecular complexity index is 677. The molecule has 2 amide bonds. The average Bonchev–Trinajstić information content (AvgIpc) is 2.95. The minimum Gasteiger partial charge on any atom is -0.394 e. The van der Waals surface area contributed by atoms with Crippen LogP contribution in [-0.2, 0) is 11.2 Å². The number of amides is 2. The van der Waals surface area contributed by atoms with E-state index in [1.807, 2.05) is 41.0 Å². The number of aliphatic hydroxyl groups is 1. The number of aryl methyl sites for hydroxylation is 1. The van der Waals surface area contributed by atoms with Crippen LogP contribution in [0.1, 0.15) is 56.0 Å². The van der Waals surface area contributed by atoms with Gasteiger partial charge in [-0.05, 0) is 55.7 Å². The molecule has 2 heterocycles. The summed E-state index contributed by atoms with van der Waals surface area (Å²) in [5.41, 5.74) is 1.52. The van der Waals surface area contributed by atoms with E-state index in [9.17, 15) is 14.7 Å². The first-order valence-corrected chi connectivity index (χ1v) is 9.60. The molecule has 0 aromatic heterocycles. The molecule has 1 spiro atoms. The highest BCUT2D eigenvalue weighted by molar-refractivity contribution is 5.94. The van der Waals surface area contributed by atoms with Gasteiger partial charge in [0.1, 0.15) is 0 Å². The molecule has 2 saturated heterocycles. The van der Waals surface area contributed by atoms with Crippen LogP contribution in [0.3, 0.4) is 0 Å². The van der Waals surface area contributed by atoms with Crippen LogP contribution in [0, 0.1) is 5.41 Å². The normalized spacial score (nSPS) is 24.9. The predicted octanol–water partition coefficient (Wildman–Crippen LogP) is 2.47. The van der Waals surface area contributed by atoms with Gasteiger partial charge in [0.05, 0.1) is 12.1 Å². The van der Waals surface area contributed by atoms with Crippen molar-refractivity contribution in [3.05, 3.63) is 35.4 Å². The zero-order valence-electron chi connectivity index (χ0n) is 16.1. The first-order chi connectivity index (χ1) is 12.3. The molecule has 2 aliphatic rings. The van der Waals surface area contributed by atoms with Gasteiger partial charge in [0.2, 0.25) is 5.91 Å². The minimum absolute atomic E-state index is 0.0131. The number of rotatable bonds is 3. The van der Waals surface area contributed by atoms with Crippen molar-refractivity contribution < 1.29 is 14.7 Å². The van der Waals surface area contributed by atoms with Crippen LogP contribution in [0.25, 0.3) is 0 Å². The largest absolute Gasteiger partial charge is 0.394 e. The average molecular weight is 358 g/mol. The summed E-state index contributed by atoms with van der Waals surface area (Å²) in [4.78, 5) is 28.5. The van der Waals surface area contributed by atoms with Crippen LogP contribution >= 0.6 is 0 Å². The summed E-state index contributed by atoms with van der Waals surface area (Å²) in [6.45, 7) is 7.74. The Hall–Kier alpha value is -1.88. The Morgan fingerprint density at radius 1 is 1.15 bits per heavy atom. The standard InChI is InChI=1S/C21H30N2O3/c1-4-17-5-7-18(8-6-17)19(26)22-11-9-21(10-12-22)13-20(3,15-24)23(14-21)16(2)25/h5-8,24H,4,9-15H2,1-3H3/t20-/m1/s1. The molecule has 2 aliphatic heterocycles. The van der Waals surface area contributed by atoms with Gasteiger partial charge in [-0.1, -0.05) is 19.1 Å². The van der Waals surface area contributed by atoms with Gasteiger partial charge in [0.25, 0.3) is 5.91 Å². The number of hydrogen-bond acceptors (Lipinski definition) is 3. The van der Waals surface area contributed by atoms with E-state index in [1.54, 1.807) is 6.92 Å². The first kappa shape index (κ1) is 18.9. The number of benzene rings is 1. The summed E-state index contributed by atoms with van der Waals surface area (Å²) in [6.07, 6.45) is 3.54. The van der Waals surface area contributed by atoms with Gasteiger partial charge >= 0.3 is 0 Å². The number of nitrogens with zero attached hydrogens (tertiary/aromatic N) is 2. The van der Waals surface area contributed by atoms with Crippen molar-refractivity contribution in [1.82, 2.24) is 9.80 Å². The van der Waals surface area contributed by atoms with Gasteiger partial charge in [-0.15, -0.1) is 0 Å². The highest BCUT2D eigenvalue weighted by atomic mass is 16.3. The molecule has 0 bridgehead atoms. The second kappa shape index (κ2) is 7.03. The van der Waals surface area contributed by atoms with Gasteiger partial charge in [-0.2, -0.15) is 0 Å². The maximum atomic E-state index is 12.8. The second-order valence-corrected chi connectivity index (χ2v) is 8.28. The lowest BCUT2D eigenvalue weighted by molar-refractivity contribution is -0.134. The summed E-state index contributed by atoms with van der Waals surface area (Å²) in [5.74, 6) is 0.113. The van der Waals surface area contributed by atoms with E-state index in [4.69, 9.17) is 0 Å². The summed E-state index contributed by atoms with van der Waals surface area (Å²) in [6, 6.07) is 7.88. The summed E-state index contributed by atoms with van der Waals surface area (Å²) >= 11 is 0. The Kier molecular flexibility index (Phi) is 5.11. The molecule has 142 valence electrons. The quantitative estimate of drug-likeness (QED) is 0.903. The Morgan fingerprint density at radius 2 is 1.77 bits per heavy atom. The maximum absolute atomic E-state index is 12.8. The molecular weight excluding hydrogens is 328 g/mol. The van der Waals surface area contributed by atoms with Crippen molar-refractivity contribution in [3.63, 3.8) is 0 Å². The van der Waals surface area contributed by atoms with Crippen LogP contribution in [-0.4, -0.2) is 58.5 Å². The van der Waals surface area contributed by atoms with Crippen molar-refractivity contribution in [2.24, 2.45) is 5.41 Å². The van der Waals surface area contributed by atoms with Gasteiger partial charge in [0.15, 0.2) is 0 Å². The van der Waals surface area contributed by atoms with Gasteiger partial charge in [-0.3, -0.25) is 9.59 Å². The minimum atomic E-state index is -0.478. The third-order valence-electron chi connectivity index (χ3n) is 6.34. The summed E-state index contributed by atoms with van der Waals surface area (Å²) in [7, 11) is 0. The Morgan fingerprint density at radius 3 is 2.23 bits per heavy atom. The van der Waals surface area contributed by atoms with E-state index < -0.39 is 5.54 Å². The number of carbonyl (C=O) groups excluding carboxylic acids is 2. The number of carbonyl (C=O) groups is 2. The molecule has 5 nitrogen and oxygen atoms in total. The molecule has 5 heteroatoms. The van der Waals surface area contributed by atoms with Crippen LogP contribution in [0.4, 0.5) is 0 Å². The van der Waals surface area contributed by atoms with Crippen LogP contribution in [0.5, 0.6) is 0 Å². The molecule has 0 unspecified atom stereocenters. The Balaban J connectivity index is 1.67. The molecule has 3 rings (SSSR count). The zero-order valence-corrected chi connectivity index (χ0v) is 16.1. The lowest BCUT2D eigenvalue weighted by atomic mass is 9.74. The molecule has 26 heavy (non-hydrogen) atoms. The lowest BCUT2D eigenvalue weighted by Gasteiger charge is -2.39. The van der Waals surface area contributed by atoms with E-state index in [0.717, 1.165) is 31.2 Å². The molecule has 0 saturated carbocycles. The lowest BCUT2D eigenvalue weighted by Crippen LogP contribution is -2.46. The SMILES string of the molecule is CCc1ccc(C(=O)N2CCC3(CC2)CN(C(C)=O)[C@@](C)(CO)C3)cc1. The summed E-state index contributed by atoms with van der Waals surface area (Å²) < 4.78 is 0. The molecule has 2 fully saturated rings. The molecule has 1 atom stereocenters. The number of likely N-dealkylation sites (tertiary alicyclic amines) is 2. The molecule has 0 radical (unpaired) electrons. The fourth-order valence-corrected chi connectivity index (χ4v) is 4.70. The van der Waals surface area contributed by atoms with E-state index in [-0.39, 0.29) is 23.8 Å². The molecule has 1 aromatic carbocycles. The maximum Gasteiger partial charge on any atom is 0.253 e. The third-order valence-corrected chi connectivity index (χ3v) is 6.34.